The Morgan fingerprint density at radius 3 is 2.51 bits per heavy atom. The minimum Gasteiger partial charge on any atom is -0.491 e. The molecule has 188 valence electrons. The van der Waals surface area contributed by atoms with Crippen molar-refractivity contribution in [3.63, 3.8) is 0 Å². The fourth-order valence-corrected chi connectivity index (χ4v) is 4.14. The molecule has 0 spiro atoms. The molecule has 3 atom stereocenters. The van der Waals surface area contributed by atoms with Gasteiger partial charge in [0.25, 0.3) is 11.8 Å². The van der Waals surface area contributed by atoms with Crippen LogP contribution in [0.1, 0.15) is 41.5 Å². The van der Waals surface area contributed by atoms with Gasteiger partial charge >= 0.3 is 0 Å². The van der Waals surface area contributed by atoms with Gasteiger partial charge in [-0.2, -0.15) is 0 Å². The molecule has 9 heteroatoms. The van der Waals surface area contributed by atoms with E-state index in [0.29, 0.717) is 24.5 Å². The Hall–Kier alpha value is -3.46. The highest BCUT2D eigenvalue weighted by atomic mass is 19.1. The van der Waals surface area contributed by atoms with E-state index in [0.717, 1.165) is 0 Å². The number of rotatable bonds is 3. The number of amides is 3. The molecule has 0 unspecified atom stereocenters. The zero-order valence-electron chi connectivity index (χ0n) is 20.7. The van der Waals surface area contributed by atoms with E-state index >= 15 is 0 Å². The van der Waals surface area contributed by atoms with Gasteiger partial charge in [0.1, 0.15) is 18.2 Å². The lowest BCUT2D eigenvalue weighted by Crippen LogP contribution is -2.48. The van der Waals surface area contributed by atoms with E-state index in [1.54, 1.807) is 37.3 Å². The second-order valence-electron chi connectivity index (χ2n) is 8.91. The van der Waals surface area contributed by atoms with Gasteiger partial charge in [0, 0.05) is 45.8 Å². The molecule has 2 aromatic carbocycles. The van der Waals surface area contributed by atoms with E-state index in [4.69, 9.17) is 9.47 Å². The minimum atomic E-state index is -0.640. The number of fused-ring (bicyclic) bond motifs is 1. The van der Waals surface area contributed by atoms with E-state index in [1.807, 2.05) is 13.8 Å². The molecule has 1 aliphatic heterocycles. The van der Waals surface area contributed by atoms with Crippen molar-refractivity contribution in [2.24, 2.45) is 5.92 Å². The number of anilines is 1. The molecule has 8 nitrogen and oxygen atoms in total. The Bertz CT molecular complexity index is 1090. The Balaban J connectivity index is 1.95. The van der Waals surface area contributed by atoms with E-state index < -0.39 is 11.7 Å². The molecule has 0 aromatic heterocycles. The summed E-state index contributed by atoms with van der Waals surface area (Å²) in [6, 6.07) is 10.1. The Morgan fingerprint density at radius 2 is 1.86 bits per heavy atom. The van der Waals surface area contributed by atoms with Gasteiger partial charge in [-0.15, -0.1) is 0 Å². The molecular weight excluding hydrogens is 453 g/mol. The van der Waals surface area contributed by atoms with Gasteiger partial charge in [0.05, 0.1) is 23.3 Å². The standard InChI is InChI=1S/C26H32FN3O5/c1-16-13-30(18(3)31)17(2)15-35-23-11-10-19(28-25(32)20-8-6-7-9-22(20)27)12-21(23)26(33)29(4)14-24(16)34-5/h6-12,16-17,24H,13-15H2,1-5H3,(H,28,32)/t16-,17-,24+/m0/s1. The Labute approximate surface area is 205 Å². The van der Waals surface area contributed by atoms with Gasteiger partial charge in [-0.05, 0) is 37.3 Å². The molecule has 3 amide bonds. The summed E-state index contributed by atoms with van der Waals surface area (Å²) in [6.45, 7) is 6.32. The Kier molecular flexibility index (Phi) is 8.45. The largest absolute Gasteiger partial charge is 0.491 e. The van der Waals surface area contributed by atoms with Crippen molar-refractivity contribution in [1.29, 1.82) is 0 Å². The summed E-state index contributed by atoms with van der Waals surface area (Å²) in [7, 11) is 3.24. The van der Waals surface area contributed by atoms with Gasteiger partial charge < -0.3 is 24.6 Å². The maximum absolute atomic E-state index is 14.0. The van der Waals surface area contributed by atoms with Gasteiger partial charge in [-0.1, -0.05) is 19.1 Å². The number of methoxy groups -OCH3 is 1. The van der Waals surface area contributed by atoms with Gasteiger partial charge in [-0.25, -0.2) is 4.39 Å². The third-order valence-electron chi connectivity index (χ3n) is 6.23. The maximum atomic E-state index is 14.0. The van der Waals surface area contributed by atoms with Crippen molar-refractivity contribution >= 4 is 23.4 Å². The molecule has 2 aromatic rings. The van der Waals surface area contributed by atoms with Crippen LogP contribution in [0.3, 0.4) is 0 Å². The second-order valence-corrected chi connectivity index (χ2v) is 8.91. The van der Waals surface area contributed by atoms with Crippen LogP contribution in [0.2, 0.25) is 0 Å². The average Bonchev–Trinajstić information content (AvgIpc) is 2.83. The SMILES string of the molecule is CO[C@@H]1CN(C)C(=O)c2cc(NC(=O)c3ccccc3F)ccc2OC[C@H](C)N(C(C)=O)C[C@@H]1C. The fourth-order valence-electron chi connectivity index (χ4n) is 4.14. The first-order chi connectivity index (χ1) is 16.6. The summed E-state index contributed by atoms with van der Waals surface area (Å²) in [4.78, 5) is 41.6. The molecule has 0 saturated heterocycles. The molecular formula is C26H32FN3O5. The van der Waals surface area contributed by atoms with Gasteiger partial charge in [-0.3, -0.25) is 14.4 Å². The van der Waals surface area contributed by atoms with Gasteiger partial charge in [0.2, 0.25) is 5.91 Å². The number of carbonyl (C=O) groups is 3. The summed E-state index contributed by atoms with van der Waals surface area (Å²) < 4.78 is 25.7. The van der Waals surface area contributed by atoms with Crippen molar-refractivity contribution in [2.45, 2.75) is 32.9 Å². The number of hydrogen-bond acceptors (Lipinski definition) is 5. The first-order valence-electron chi connectivity index (χ1n) is 11.5. The Morgan fingerprint density at radius 1 is 1.14 bits per heavy atom. The van der Waals surface area contributed by atoms with Crippen molar-refractivity contribution < 1.29 is 28.2 Å². The summed E-state index contributed by atoms with van der Waals surface area (Å²) in [5, 5.41) is 2.65. The molecule has 0 saturated carbocycles. The summed E-state index contributed by atoms with van der Waals surface area (Å²) in [6.07, 6.45) is -0.300. The first kappa shape index (κ1) is 26.2. The molecule has 35 heavy (non-hydrogen) atoms. The monoisotopic (exact) mass is 485 g/mol. The quantitative estimate of drug-likeness (QED) is 0.720. The zero-order chi connectivity index (χ0) is 25.7. The predicted octanol–water partition coefficient (Wildman–Crippen LogP) is 3.43. The fraction of sp³-hybridized carbons (Fsp3) is 0.423. The summed E-state index contributed by atoms with van der Waals surface area (Å²) in [5.41, 5.74) is 0.461. The van der Waals surface area contributed by atoms with Crippen LogP contribution in [-0.2, 0) is 9.53 Å². The number of halogens is 1. The van der Waals surface area contributed by atoms with Crippen LogP contribution in [0.15, 0.2) is 42.5 Å². The highest BCUT2D eigenvalue weighted by Crippen LogP contribution is 2.27. The van der Waals surface area contributed by atoms with Crippen LogP contribution in [-0.4, -0.2) is 73.5 Å². The topological polar surface area (TPSA) is 88.2 Å². The minimum absolute atomic E-state index is 0.0353. The molecule has 0 bridgehead atoms. The number of benzene rings is 2. The molecule has 1 N–H and O–H groups in total. The smallest absolute Gasteiger partial charge is 0.258 e. The summed E-state index contributed by atoms with van der Waals surface area (Å²) in [5.74, 6) is -1.37. The van der Waals surface area contributed by atoms with Crippen molar-refractivity contribution in [2.75, 3.05) is 39.2 Å². The lowest BCUT2D eigenvalue weighted by atomic mass is 10.0. The number of carbonyl (C=O) groups excluding carboxylic acids is 3. The number of ether oxygens (including phenoxy) is 2. The number of hydrogen-bond donors (Lipinski definition) is 1. The molecule has 3 rings (SSSR count). The molecule has 0 aliphatic carbocycles. The van der Waals surface area contributed by atoms with E-state index in [1.165, 1.54) is 36.1 Å². The number of nitrogens with zero attached hydrogens (tertiary/aromatic N) is 2. The van der Waals surface area contributed by atoms with Crippen LogP contribution in [0.4, 0.5) is 10.1 Å². The highest BCUT2D eigenvalue weighted by Gasteiger charge is 2.29. The summed E-state index contributed by atoms with van der Waals surface area (Å²) >= 11 is 0. The lowest BCUT2D eigenvalue weighted by molar-refractivity contribution is -0.133. The maximum Gasteiger partial charge on any atom is 0.258 e. The first-order valence-corrected chi connectivity index (χ1v) is 11.5. The number of nitrogens with one attached hydrogen (secondary N) is 1. The van der Waals surface area contributed by atoms with Crippen molar-refractivity contribution in [3.05, 3.63) is 59.4 Å². The van der Waals surface area contributed by atoms with E-state index in [-0.39, 0.29) is 47.6 Å². The molecule has 0 radical (unpaired) electrons. The van der Waals surface area contributed by atoms with Crippen LogP contribution in [0, 0.1) is 11.7 Å². The predicted molar refractivity (Wildman–Crippen MR) is 130 cm³/mol. The van der Waals surface area contributed by atoms with Crippen LogP contribution in [0.25, 0.3) is 0 Å². The zero-order valence-corrected chi connectivity index (χ0v) is 20.7. The van der Waals surface area contributed by atoms with E-state index in [2.05, 4.69) is 5.32 Å². The van der Waals surface area contributed by atoms with Crippen molar-refractivity contribution in [1.82, 2.24) is 9.80 Å². The van der Waals surface area contributed by atoms with Crippen LogP contribution < -0.4 is 10.1 Å². The second kappa shape index (κ2) is 11.3. The third-order valence-corrected chi connectivity index (χ3v) is 6.23. The van der Waals surface area contributed by atoms with E-state index in [9.17, 15) is 18.8 Å². The normalized spacial score (nSPS) is 21.3. The third kappa shape index (κ3) is 6.16. The number of likely N-dealkylation sites (N-methyl/N-ethyl adjacent to an activating group) is 1. The van der Waals surface area contributed by atoms with Crippen LogP contribution >= 0.6 is 0 Å². The van der Waals surface area contributed by atoms with Gasteiger partial charge in [0.15, 0.2) is 0 Å². The average molecular weight is 486 g/mol. The molecule has 1 heterocycles. The van der Waals surface area contributed by atoms with Crippen LogP contribution in [0.5, 0.6) is 5.75 Å². The van der Waals surface area contributed by atoms with Crippen molar-refractivity contribution in [3.8, 4) is 5.75 Å². The highest BCUT2D eigenvalue weighted by molar-refractivity contribution is 6.05. The lowest BCUT2D eigenvalue weighted by Gasteiger charge is -2.35. The molecule has 0 fully saturated rings. The molecule has 1 aliphatic rings.